The lowest BCUT2D eigenvalue weighted by Crippen LogP contribution is -2.10. The molecule has 0 aliphatic heterocycles. The Morgan fingerprint density at radius 3 is 2.33 bits per heavy atom. The van der Waals surface area contributed by atoms with Gasteiger partial charge in [-0.25, -0.2) is 4.39 Å². The first-order valence-electron chi connectivity index (χ1n) is 5.18. The van der Waals surface area contributed by atoms with Crippen LogP contribution >= 0.6 is 0 Å². The van der Waals surface area contributed by atoms with Gasteiger partial charge in [0.2, 0.25) is 0 Å². The fraction of sp³-hybridized carbons (Fsp3) is 0.500. The van der Waals surface area contributed by atoms with Crippen molar-refractivity contribution in [2.24, 2.45) is 0 Å². The van der Waals surface area contributed by atoms with Gasteiger partial charge >= 0.3 is 0 Å². The molecule has 0 fully saturated rings. The Morgan fingerprint density at radius 1 is 1.20 bits per heavy atom. The second-order valence-corrected chi connectivity index (χ2v) is 3.20. The fourth-order valence-electron chi connectivity index (χ4n) is 1.41. The van der Waals surface area contributed by atoms with Crippen LogP contribution in [-0.4, -0.2) is 13.2 Å². The van der Waals surface area contributed by atoms with Gasteiger partial charge in [0.05, 0.1) is 0 Å². The van der Waals surface area contributed by atoms with Gasteiger partial charge in [0.15, 0.2) is 6.29 Å². The van der Waals surface area contributed by atoms with E-state index in [4.69, 9.17) is 9.47 Å². The van der Waals surface area contributed by atoms with Crippen molar-refractivity contribution in [1.82, 2.24) is 0 Å². The Morgan fingerprint density at radius 2 is 1.80 bits per heavy atom. The zero-order valence-electron chi connectivity index (χ0n) is 9.42. The minimum Gasteiger partial charge on any atom is -0.349 e. The fourth-order valence-corrected chi connectivity index (χ4v) is 1.41. The lowest BCUT2D eigenvalue weighted by atomic mass is 10.1. The molecule has 0 unspecified atom stereocenters. The summed E-state index contributed by atoms with van der Waals surface area (Å²) in [4.78, 5) is 0. The van der Waals surface area contributed by atoms with E-state index in [2.05, 4.69) is 0 Å². The molecule has 0 atom stereocenters. The Kier molecular flexibility index (Phi) is 4.72. The Hall–Kier alpha value is -0.930. The van der Waals surface area contributed by atoms with Gasteiger partial charge in [-0.05, 0) is 32.4 Å². The standard InChI is InChI=1S/C12H17FO2/c1-4-14-12(15-5-2)10-7-6-8-11(13)9(10)3/h6-8,12H,4-5H2,1-3H3. The third-order valence-corrected chi connectivity index (χ3v) is 2.20. The summed E-state index contributed by atoms with van der Waals surface area (Å²) >= 11 is 0. The van der Waals surface area contributed by atoms with E-state index in [0.717, 1.165) is 5.56 Å². The summed E-state index contributed by atoms with van der Waals surface area (Å²) in [7, 11) is 0. The van der Waals surface area contributed by atoms with Crippen molar-refractivity contribution in [3.8, 4) is 0 Å². The average Bonchev–Trinajstić information content (AvgIpc) is 2.22. The van der Waals surface area contributed by atoms with Gasteiger partial charge in [0.25, 0.3) is 0 Å². The van der Waals surface area contributed by atoms with Crippen molar-refractivity contribution in [3.05, 3.63) is 35.1 Å². The molecule has 2 nitrogen and oxygen atoms in total. The van der Waals surface area contributed by atoms with Crippen LogP contribution in [0.5, 0.6) is 0 Å². The number of hydrogen-bond acceptors (Lipinski definition) is 2. The molecule has 0 spiro atoms. The Balaban J connectivity index is 2.94. The van der Waals surface area contributed by atoms with E-state index in [9.17, 15) is 4.39 Å². The maximum Gasteiger partial charge on any atom is 0.184 e. The molecule has 0 aliphatic rings. The maximum absolute atomic E-state index is 13.3. The molecule has 0 amide bonds. The van der Waals surface area contributed by atoms with Crippen LogP contribution in [0.2, 0.25) is 0 Å². The van der Waals surface area contributed by atoms with Crippen LogP contribution in [0.25, 0.3) is 0 Å². The highest BCUT2D eigenvalue weighted by atomic mass is 19.1. The van der Waals surface area contributed by atoms with Crippen LogP contribution < -0.4 is 0 Å². The van der Waals surface area contributed by atoms with E-state index in [0.29, 0.717) is 18.8 Å². The quantitative estimate of drug-likeness (QED) is 0.698. The van der Waals surface area contributed by atoms with Crippen LogP contribution in [0.3, 0.4) is 0 Å². The topological polar surface area (TPSA) is 18.5 Å². The van der Waals surface area contributed by atoms with Gasteiger partial charge in [-0.3, -0.25) is 0 Å². The first kappa shape index (κ1) is 12.1. The highest BCUT2D eigenvalue weighted by molar-refractivity contribution is 5.28. The molecule has 0 saturated heterocycles. The molecule has 1 aromatic rings. The van der Waals surface area contributed by atoms with E-state index in [1.165, 1.54) is 6.07 Å². The predicted octanol–water partition coefficient (Wildman–Crippen LogP) is 3.21. The number of halogens is 1. The Labute approximate surface area is 90.0 Å². The number of rotatable bonds is 5. The van der Waals surface area contributed by atoms with Crippen LogP contribution in [0.15, 0.2) is 18.2 Å². The minimum atomic E-state index is -0.462. The maximum atomic E-state index is 13.3. The third-order valence-electron chi connectivity index (χ3n) is 2.20. The van der Waals surface area contributed by atoms with E-state index in [1.807, 2.05) is 19.9 Å². The molecule has 0 aliphatic carbocycles. The van der Waals surface area contributed by atoms with E-state index in [1.54, 1.807) is 13.0 Å². The molecule has 0 aromatic heterocycles. The normalized spacial score (nSPS) is 11.0. The van der Waals surface area contributed by atoms with Crippen molar-refractivity contribution in [2.45, 2.75) is 27.1 Å². The smallest absolute Gasteiger partial charge is 0.184 e. The van der Waals surface area contributed by atoms with Crippen molar-refractivity contribution >= 4 is 0 Å². The van der Waals surface area contributed by atoms with Gasteiger partial charge in [-0.1, -0.05) is 12.1 Å². The van der Waals surface area contributed by atoms with Gasteiger partial charge in [-0.15, -0.1) is 0 Å². The highest BCUT2D eigenvalue weighted by Gasteiger charge is 2.15. The molecule has 15 heavy (non-hydrogen) atoms. The summed E-state index contributed by atoms with van der Waals surface area (Å²) in [5, 5.41) is 0. The lowest BCUT2D eigenvalue weighted by molar-refractivity contribution is -0.140. The van der Waals surface area contributed by atoms with E-state index < -0.39 is 6.29 Å². The van der Waals surface area contributed by atoms with Crippen LogP contribution in [0, 0.1) is 12.7 Å². The highest BCUT2D eigenvalue weighted by Crippen LogP contribution is 2.23. The Bertz CT molecular complexity index is 306. The summed E-state index contributed by atoms with van der Waals surface area (Å²) in [5.74, 6) is -0.225. The molecule has 0 N–H and O–H groups in total. The van der Waals surface area contributed by atoms with Crippen molar-refractivity contribution < 1.29 is 13.9 Å². The molecule has 1 aromatic carbocycles. The van der Waals surface area contributed by atoms with Crippen LogP contribution in [0.1, 0.15) is 31.3 Å². The molecular weight excluding hydrogens is 195 g/mol. The molecule has 0 saturated carbocycles. The predicted molar refractivity (Wildman–Crippen MR) is 57.1 cm³/mol. The summed E-state index contributed by atoms with van der Waals surface area (Å²) in [5.41, 5.74) is 1.35. The monoisotopic (exact) mass is 212 g/mol. The molecular formula is C12H17FO2. The van der Waals surface area contributed by atoms with Gasteiger partial charge in [-0.2, -0.15) is 0 Å². The van der Waals surface area contributed by atoms with Crippen molar-refractivity contribution in [3.63, 3.8) is 0 Å². The van der Waals surface area contributed by atoms with Gasteiger partial charge in [0.1, 0.15) is 5.82 Å². The van der Waals surface area contributed by atoms with Crippen molar-refractivity contribution in [2.75, 3.05) is 13.2 Å². The van der Waals surface area contributed by atoms with Gasteiger partial charge in [0, 0.05) is 18.8 Å². The van der Waals surface area contributed by atoms with Crippen LogP contribution in [-0.2, 0) is 9.47 Å². The number of hydrogen-bond donors (Lipinski definition) is 0. The van der Waals surface area contributed by atoms with E-state index in [-0.39, 0.29) is 5.82 Å². The van der Waals surface area contributed by atoms with Crippen LogP contribution in [0.4, 0.5) is 4.39 Å². The molecule has 0 radical (unpaired) electrons. The third kappa shape index (κ3) is 3.01. The zero-order valence-corrected chi connectivity index (χ0v) is 9.42. The second kappa shape index (κ2) is 5.83. The average molecular weight is 212 g/mol. The molecule has 0 heterocycles. The molecule has 84 valence electrons. The largest absolute Gasteiger partial charge is 0.349 e. The number of ether oxygens (including phenoxy) is 2. The summed E-state index contributed by atoms with van der Waals surface area (Å²) < 4.78 is 24.1. The number of benzene rings is 1. The zero-order chi connectivity index (χ0) is 11.3. The summed E-state index contributed by atoms with van der Waals surface area (Å²) in [6, 6.07) is 4.94. The summed E-state index contributed by atoms with van der Waals surface area (Å²) in [6.45, 7) is 6.60. The van der Waals surface area contributed by atoms with Gasteiger partial charge < -0.3 is 9.47 Å². The molecule has 0 bridgehead atoms. The van der Waals surface area contributed by atoms with E-state index >= 15 is 0 Å². The molecule has 3 heteroatoms. The lowest BCUT2D eigenvalue weighted by Gasteiger charge is -2.19. The second-order valence-electron chi connectivity index (χ2n) is 3.20. The first-order valence-corrected chi connectivity index (χ1v) is 5.18. The minimum absolute atomic E-state index is 0.225. The SMILES string of the molecule is CCOC(OCC)c1cccc(F)c1C. The summed E-state index contributed by atoms with van der Waals surface area (Å²) in [6.07, 6.45) is -0.462. The molecule has 1 rings (SSSR count). The van der Waals surface area contributed by atoms with Crippen molar-refractivity contribution in [1.29, 1.82) is 0 Å². The first-order chi connectivity index (χ1) is 7.20.